The number of ether oxygens (including phenoxy) is 1. The first-order valence-corrected chi connectivity index (χ1v) is 10.7. The van der Waals surface area contributed by atoms with Crippen molar-refractivity contribution < 1.29 is 14.3 Å². The van der Waals surface area contributed by atoms with Gasteiger partial charge in [-0.3, -0.25) is 14.6 Å². The Morgan fingerprint density at radius 2 is 2.03 bits per heavy atom. The molecular formula is C23H30N4O3. The lowest BCUT2D eigenvalue weighted by Gasteiger charge is -2.34. The molecule has 2 amide bonds. The first kappa shape index (κ1) is 20.6. The molecule has 2 atom stereocenters. The van der Waals surface area contributed by atoms with Crippen LogP contribution >= 0.6 is 0 Å². The van der Waals surface area contributed by atoms with E-state index >= 15 is 0 Å². The zero-order valence-electron chi connectivity index (χ0n) is 17.7. The molecule has 2 aliphatic heterocycles. The fourth-order valence-electron chi connectivity index (χ4n) is 4.76. The van der Waals surface area contributed by atoms with Gasteiger partial charge in [0.15, 0.2) is 0 Å². The van der Waals surface area contributed by atoms with Crippen LogP contribution in [-0.4, -0.2) is 66.0 Å². The number of nitrogen functional groups attached to an aromatic ring is 1. The summed E-state index contributed by atoms with van der Waals surface area (Å²) in [5, 5.41) is 1.05. The van der Waals surface area contributed by atoms with Crippen molar-refractivity contribution in [2.24, 2.45) is 5.92 Å². The number of hydrogen-bond donors (Lipinski definition) is 1. The number of nitrogens with two attached hydrogens (primary N) is 1. The maximum atomic E-state index is 13.0. The fraction of sp³-hybridized carbons (Fsp3) is 0.522. The van der Waals surface area contributed by atoms with Crippen LogP contribution in [0.3, 0.4) is 0 Å². The zero-order chi connectivity index (χ0) is 21.3. The maximum Gasteiger partial charge on any atom is 0.227 e. The van der Waals surface area contributed by atoms with Crippen molar-refractivity contribution in [2.75, 3.05) is 39.1 Å². The number of benzene rings is 1. The number of methoxy groups -OCH3 is 1. The molecule has 3 heterocycles. The second kappa shape index (κ2) is 8.60. The summed E-state index contributed by atoms with van der Waals surface area (Å²) in [5.41, 5.74) is 8.92. The molecule has 4 rings (SSSR count). The minimum absolute atomic E-state index is 0.00649. The van der Waals surface area contributed by atoms with E-state index in [1.165, 1.54) is 0 Å². The Kier molecular flexibility index (Phi) is 5.90. The molecule has 0 aliphatic carbocycles. The van der Waals surface area contributed by atoms with E-state index in [1.54, 1.807) is 12.0 Å². The van der Waals surface area contributed by atoms with Gasteiger partial charge in [-0.05, 0) is 31.9 Å². The van der Waals surface area contributed by atoms with Gasteiger partial charge < -0.3 is 20.3 Å². The van der Waals surface area contributed by atoms with Crippen LogP contribution in [0, 0.1) is 5.92 Å². The SMILES string of the molecule is COCC(C)N1CC(C(=O)N2CCC(c3nc4ccccc4cc3N)CC2)CC1=O. The van der Waals surface area contributed by atoms with E-state index in [4.69, 9.17) is 15.5 Å². The smallest absolute Gasteiger partial charge is 0.227 e. The zero-order valence-corrected chi connectivity index (χ0v) is 17.7. The third kappa shape index (κ3) is 3.99. The molecule has 2 aromatic rings. The molecular weight excluding hydrogens is 380 g/mol. The maximum absolute atomic E-state index is 13.0. The van der Waals surface area contributed by atoms with Gasteiger partial charge in [0, 0.05) is 44.5 Å². The number of hydrogen-bond acceptors (Lipinski definition) is 5. The number of pyridine rings is 1. The Morgan fingerprint density at radius 1 is 1.30 bits per heavy atom. The summed E-state index contributed by atoms with van der Waals surface area (Å²) in [5.74, 6) is 0.133. The highest BCUT2D eigenvalue weighted by Crippen LogP contribution is 2.33. The average molecular weight is 411 g/mol. The molecule has 2 aliphatic rings. The van der Waals surface area contributed by atoms with Gasteiger partial charge in [-0.25, -0.2) is 0 Å². The van der Waals surface area contributed by atoms with Crippen molar-refractivity contribution in [3.8, 4) is 0 Å². The normalized spacial score (nSPS) is 21.4. The summed E-state index contributed by atoms with van der Waals surface area (Å²) >= 11 is 0. The van der Waals surface area contributed by atoms with Crippen LogP contribution in [-0.2, 0) is 14.3 Å². The van der Waals surface area contributed by atoms with Crippen LogP contribution in [0.4, 0.5) is 5.69 Å². The van der Waals surface area contributed by atoms with E-state index in [1.807, 2.05) is 42.2 Å². The predicted octanol–water partition coefficient (Wildman–Crippen LogP) is 2.41. The minimum Gasteiger partial charge on any atom is -0.397 e. The molecule has 1 aromatic heterocycles. The number of amides is 2. The molecule has 30 heavy (non-hydrogen) atoms. The van der Waals surface area contributed by atoms with Crippen LogP contribution < -0.4 is 5.73 Å². The van der Waals surface area contributed by atoms with E-state index in [0.717, 1.165) is 35.1 Å². The lowest BCUT2D eigenvalue weighted by atomic mass is 9.91. The number of carbonyl (C=O) groups excluding carboxylic acids is 2. The second-order valence-corrected chi connectivity index (χ2v) is 8.51. The number of para-hydroxylation sites is 1. The minimum atomic E-state index is -0.253. The number of carbonyl (C=O) groups is 2. The monoisotopic (exact) mass is 410 g/mol. The van der Waals surface area contributed by atoms with E-state index in [2.05, 4.69) is 0 Å². The summed E-state index contributed by atoms with van der Waals surface area (Å²) in [7, 11) is 1.63. The van der Waals surface area contributed by atoms with Gasteiger partial charge in [0.2, 0.25) is 11.8 Å². The topological polar surface area (TPSA) is 88.8 Å². The molecule has 2 fully saturated rings. The van der Waals surface area contributed by atoms with Crippen LogP contribution in [0.5, 0.6) is 0 Å². The largest absolute Gasteiger partial charge is 0.397 e. The average Bonchev–Trinajstić information content (AvgIpc) is 3.15. The Labute approximate surface area is 177 Å². The van der Waals surface area contributed by atoms with Crippen LogP contribution in [0.1, 0.15) is 37.8 Å². The Balaban J connectivity index is 1.38. The number of anilines is 1. The molecule has 1 aromatic carbocycles. The van der Waals surface area contributed by atoms with Crippen LogP contribution in [0.2, 0.25) is 0 Å². The van der Waals surface area contributed by atoms with Crippen molar-refractivity contribution >= 4 is 28.4 Å². The number of piperidine rings is 1. The summed E-state index contributed by atoms with van der Waals surface area (Å²) in [6.45, 7) is 4.28. The van der Waals surface area contributed by atoms with Gasteiger partial charge in [-0.1, -0.05) is 18.2 Å². The van der Waals surface area contributed by atoms with Crippen molar-refractivity contribution in [3.63, 3.8) is 0 Å². The van der Waals surface area contributed by atoms with Gasteiger partial charge in [0.25, 0.3) is 0 Å². The molecule has 0 saturated carbocycles. The van der Waals surface area contributed by atoms with Gasteiger partial charge >= 0.3 is 0 Å². The number of rotatable bonds is 5. The number of likely N-dealkylation sites (tertiary alicyclic amines) is 2. The van der Waals surface area contributed by atoms with Crippen LogP contribution in [0.15, 0.2) is 30.3 Å². The molecule has 2 N–H and O–H groups in total. The molecule has 0 spiro atoms. The number of aromatic nitrogens is 1. The van der Waals surface area contributed by atoms with Gasteiger partial charge in [-0.2, -0.15) is 0 Å². The Hall–Kier alpha value is -2.67. The highest BCUT2D eigenvalue weighted by Gasteiger charge is 2.39. The summed E-state index contributed by atoms with van der Waals surface area (Å²) in [6, 6.07) is 9.98. The summed E-state index contributed by atoms with van der Waals surface area (Å²) < 4.78 is 5.16. The molecule has 2 unspecified atom stereocenters. The van der Waals surface area contributed by atoms with Crippen molar-refractivity contribution in [1.82, 2.24) is 14.8 Å². The van der Waals surface area contributed by atoms with Gasteiger partial charge in [0.05, 0.1) is 35.5 Å². The lowest BCUT2D eigenvalue weighted by Crippen LogP contribution is -2.43. The third-order valence-electron chi connectivity index (χ3n) is 6.43. The van der Waals surface area contributed by atoms with E-state index in [0.29, 0.717) is 32.7 Å². The van der Waals surface area contributed by atoms with E-state index < -0.39 is 0 Å². The first-order valence-electron chi connectivity index (χ1n) is 10.7. The Morgan fingerprint density at radius 3 is 2.77 bits per heavy atom. The molecule has 0 radical (unpaired) electrons. The molecule has 0 bridgehead atoms. The lowest BCUT2D eigenvalue weighted by molar-refractivity contribution is -0.136. The highest BCUT2D eigenvalue weighted by atomic mass is 16.5. The van der Waals surface area contributed by atoms with E-state index in [9.17, 15) is 9.59 Å². The third-order valence-corrected chi connectivity index (χ3v) is 6.43. The van der Waals surface area contributed by atoms with Gasteiger partial charge in [-0.15, -0.1) is 0 Å². The van der Waals surface area contributed by atoms with Crippen molar-refractivity contribution in [3.05, 3.63) is 36.0 Å². The number of fused-ring (bicyclic) bond motifs is 1. The van der Waals surface area contributed by atoms with Gasteiger partial charge in [0.1, 0.15) is 0 Å². The molecule has 2 saturated heterocycles. The van der Waals surface area contributed by atoms with Crippen molar-refractivity contribution in [1.29, 1.82) is 0 Å². The summed E-state index contributed by atoms with van der Waals surface area (Å²) in [4.78, 5) is 33.9. The standard InChI is InChI=1S/C23H30N4O3/c1-15(14-30-2)27-13-18(12-21(27)28)23(29)26-9-7-16(8-10-26)22-19(24)11-17-5-3-4-6-20(17)25-22/h3-6,11,15-16,18H,7-10,12-14,24H2,1-2H3. The molecule has 7 nitrogen and oxygen atoms in total. The van der Waals surface area contributed by atoms with Crippen LogP contribution in [0.25, 0.3) is 10.9 Å². The first-order chi connectivity index (χ1) is 14.5. The molecule has 7 heteroatoms. The van der Waals surface area contributed by atoms with E-state index in [-0.39, 0.29) is 29.7 Å². The predicted molar refractivity (Wildman–Crippen MR) is 116 cm³/mol. The number of nitrogens with zero attached hydrogens (tertiary/aromatic N) is 3. The highest BCUT2D eigenvalue weighted by molar-refractivity contribution is 5.89. The Bertz CT molecular complexity index is 939. The second-order valence-electron chi connectivity index (χ2n) is 8.51. The summed E-state index contributed by atoms with van der Waals surface area (Å²) in [6.07, 6.45) is 1.98. The quantitative estimate of drug-likeness (QED) is 0.818. The fourth-order valence-corrected chi connectivity index (χ4v) is 4.76. The van der Waals surface area contributed by atoms with Crippen molar-refractivity contribution in [2.45, 2.75) is 38.1 Å². The molecule has 160 valence electrons.